The lowest BCUT2D eigenvalue weighted by molar-refractivity contribution is 0.0918. The zero-order chi connectivity index (χ0) is 16.9. The van der Waals surface area contributed by atoms with Gasteiger partial charge in [0.1, 0.15) is 12.4 Å². The van der Waals surface area contributed by atoms with Crippen LogP contribution in [-0.4, -0.2) is 25.3 Å². The molecule has 2 aromatic carbocycles. The first-order chi connectivity index (χ1) is 11.6. The van der Waals surface area contributed by atoms with Crippen LogP contribution in [0.25, 0.3) is 0 Å². The number of rotatable bonds is 4. The minimum atomic E-state index is -0.335. The van der Waals surface area contributed by atoms with E-state index in [0.717, 1.165) is 0 Å². The van der Waals surface area contributed by atoms with Crippen molar-refractivity contribution in [1.29, 1.82) is 0 Å². The second-order valence-electron chi connectivity index (χ2n) is 5.64. The number of para-hydroxylation sites is 2. The molecule has 1 unspecified atom stereocenters. The van der Waals surface area contributed by atoms with E-state index in [2.05, 4.69) is 10.6 Å². The topological polar surface area (TPSA) is 59.6 Å². The van der Waals surface area contributed by atoms with E-state index in [1.54, 1.807) is 19.1 Å². The maximum atomic E-state index is 13.5. The number of urea groups is 1. The fourth-order valence-corrected chi connectivity index (χ4v) is 2.36. The second-order valence-corrected chi connectivity index (χ2v) is 5.64. The normalized spacial score (nSPS) is 15.7. The molecule has 0 radical (unpaired) electrons. The van der Waals surface area contributed by atoms with Crippen molar-refractivity contribution in [2.24, 2.45) is 0 Å². The molecule has 0 spiro atoms. The summed E-state index contributed by atoms with van der Waals surface area (Å²) in [6, 6.07) is 12.0. The molecule has 1 aliphatic rings. The Labute approximate surface area is 139 Å². The van der Waals surface area contributed by atoms with Crippen molar-refractivity contribution in [3.8, 4) is 11.5 Å². The number of fused-ring (bicyclic) bond motifs is 1. The fourth-order valence-electron chi connectivity index (χ4n) is 2.36. The number of ether oxygens (including phenoxy) is 2. The van der Waals surface area contributed by atoms with Crippen molar-refractivity contribution in [3.05, 3.63) is 59.4 Å². The summed E-state index contributed by atoms with van der Waals surface area (Å²) in [6.07, 6.45) is -0.248. The molecule has 2 N–H and O–H groups in total. The SMILES string of the molecule is Cc1ccc(CNC(=O)NCC2COc3ccccc3O2)cc1F. The van der Waals surface area contributed by atoms with Crippen LogP contribution >= 0.6 is 0 Å². The molecular weight excluding hydrogens is 311 g/mol. The molecule has 0 saturated heterocycles. The van der Waals surface area contributed by atoms with Gasteiger partial charge in [-0.15, -0.1) is 0 Å². The van der Waals surface area contributed by atoms with Crippen molar-refractivity contribution < 1.29 is 18.7 Å². The summed E-state index contributed by atoms with van der Waals surface area (Å²) in [7, 11) is 0. The Kier molecular flexibility index (Phi) is 4.84. The predicted molar refractivity (Wildman–Crippen MR) is 87.7 cm³/mol. The first-order valence-electron chi connectivity index (χ1n) is 7.77. The van der Waals surface area contributed by atoms with Crippen molar-refractivity contribution in [2.45, 2.75) is 19.6 Å². The maximum Gasteiger partial charge on any atom is 0.315 e. The van der Waals surface area contributed by atoms with Crippen LogP contribution < -0.4 is 20.1 Å². The van der Waals surface area contributed by atoms with Crippen LogP contribution in [-0.2, 0) is 6.54 Å². The lowest BCUT2D eigenvalue weighted by Gasteiger charge is -2.26. The van der Waals surface area contributed by atoms with Crippen molar-refractivity contribution in [3.63, 3.8) is 0 Å². The summed E-state index contributed by atoms with van der Waals surface area (Å²) in [4.78, 5) is 11.8. The van der Waals surface area contributed by atoms with Gasteiger partial charge < -0.3 is 20.1 Å². The van der Waals surface area contributed by atoms with Gasteiger partial charge in [0.15, 0.2) is 17.6 Å². The van der Waals surface area contributed by atoms with Gasteiger partial charge in [-0.2, -0.15) is 0 Å². The Bertz CT molecular complexity index is 736. The largest absolute Gasteiger partial charge is 0.486 e. The molecule has 2 amide bonds. The zero-order valence-corrected chi connectivity index (χ0v) is 13.3. The first kappa shape index (κ1) is 16.1. The molecule has 1 heterocycles. The highest BCUT2D eigenvalue weighted by molar-refractivity contribution is 5.73. The van der Waals surface area contributed by atoms with Gasteiger partial charge in [-0.1, -0.05) is 24.3 Å². The zero-order valence-electron chi connectivity index (χ0n) is 13.3. The van der Waals surface area contributed by atoms with Crippen molar-refractivity contribution in [1.82, 2.24) is 10.6 Å². The summed E-state index contributed by atoms with van der Waals surface area (Å²) in [5.74, 6) is 1.10. The molecule has 1 aliphatic heterocycles. The highest BCUT2D eigenvalue weighted by atomic mass is 19.1. The maximum absolute atomic E-state index is 13.5. The molecule has 0 saturated carbocycles. The van der Waals surface area contributed by atoms with Gasteiger partial charge in [0, 0.05) is 6.54 Å². The van der Waals surface area contributed by atoms with E-state index in [0.29, 0.717) is 35.8 Å². The second kappa shape index (κ2) is 7.21. The summed E-state index contributed by atoms with van der Waals surface area (Å²) in [6.45, 7) is 2.65. The third-order valence-electron chi connectivity index (χ3n) is 3.75. The number of hydrogen-bond acceptors (Lipinski definition) is 3. The third kappa shape index (κ3) is 3.95. The van der Waals surface area contributed by atoms with Crippen LogP contribution in [0.15, 0.2) is 42.5 Å². The third-order valence-corrected chi connectivity index (χ3v) is 3.75. The molecule has 0 fully saturated rings. The summed E-state index contributed by atoms with van der Waals surface area (Å²) in [5, 5.41) is 5.42. The summed E-state index contributed by atoms with van der Waals surface area (Å²) < 4.78 is 24.8. The number of halogens is 1. The molecule has 126 valence electrons. The Morgan fingerprint density at radius 1 is 1.21 bits per heavy atom. The van der Waals surface area contributed by atoms with Gasteiger partial charge in [-0.25, -0.2) is 9.18 Å². The molecular formula is C18H19FN2O3. The molecule has 24 heavy (non-hydrogen) atoms. The number of amides is 2. The fraction of sp³-hybridized carbons (Fsp3) is 0.278. The summed E-state index contributed by atoms with van der Waals surface area (Å²) >= 11 is 0. The molecule has 1 atom stereocenters. The van der Waals surface area contributed by atoms with Crippen LogP contribution in [0.3, 0.4) is 0 Å². The van der Waals surface area contributed by atoms with E-state index in [-0.39, 0.29) is 24.5 Å². The number of hydrogen-bond donors (Lipinski definition) is 2. The minimum Gasteiger partial charge on any atom is -0.486 e. The first-order valence-corrected chi connectivity index (χ1v) is 7.77. The van der Waals surface area contributed by atoms with Gasteiger partial charge in [-0.3, -0.25) is 0 Å². The Balaban J connectivity index is 1.44. The number of benzene rings is 2. The minimum absolute atomic E-state index is 0.248. The molecule has 0 bridgehead atoms. The smallest absolute Gasteiger partial charge is 0.315 e. The number of nitrogens with one attached hydrogen (secondary N) is 2. The number of aryl methyl sites for hydroxylation is 1. The van der Waals surface area contributed by atoms with Gasteiger partial charge in [0.25, 0.3) is 0 Å². The van der Waals surface area contributed by atoms with Crippen LogP contribution in [0, 0.1) is 12.7 Å². The van der Waals surface area contributed by atoms with Crippen molar-refractivity contribution in [2.75, 3.05) is 13.2 Å². The van der Waals surface area contributed by atoms with Gasteiger partial charge >= 0.3 is 6.03 Å². The predicted octanol–water partition coefficient (Wildman–Crippen LogP) is 2.77. The van der Waals surface area contributed by atoms with Gasteiger partial charge in [0.2, 0.25) is 0 Å². The Morgan fingerprint density at radius 2 is 2.00 bits per heavy atom. The molecule has 3 rings (SSSR count). The highest BCUT2D eigenvalue weighted by Crippen LogP contribution is 2.30. The van der Waals surface area contributed by atoms with Gasteiger partial charge in [-0.05, 0) is 36.2 Å². The van der Waals surface area contributed by atoms with E-state index >= 15 is 0 Å². The van der Waals surface area contributed by atoms with E-state index in [1.165, 1.54) is 6.07 Å². The monoisotopic (exact) mass is 330 g/mol. The van der Waals surface area contributed by atoms with Crippen LogP contribution in [0.4, 0.5) is 9.18 Å². The lowest BCUT2D eigenvalue weighted by Crippen LogP contribution is -2.44. The van der Waals surface area contributed by atoms with E-state index in [4.69, 9.17) is 9.47 Å². The average Bonchev–Trinajstić information content (AvgIpc) is 2.60. The molecule has 0 aromatic heterocycles. The Hall–Kier alpha value is -2.76. The van der Waals surface area contributed by atoms with Crippen LogP contribution in [0.2, 0.25) is 0 Å². The molecule has 6 heteroatoms. The molecule has 5 nitrogen and oxygen atoms in total. The van der Waals surface area contributed by atoms with E-state index < -0.39 is 0 Å². The highest BCUT2D eigenvalue weighted by Gasteiger charge is 2.20. The number of carbonyl (C=O) groups excluding carboxylic acids is 1. The quantitative estimate of drug-likeness (QED) is 0.906. The van der Waals surface area contributed by atoms with Crippen molar-refractivity contribution >= 4 is 6.03 Å². The number of carbonyl (C=O) groups is 1. The molecule has 0 aliphatic carbocycles. The van der Waals surface area contributed by atoms with E-state index in [1.807, 2.05) is 24.3 Å². The van der Waals surface area contributed by atoms with Gasteiger partial charge in [0.05, 0.1) is 6.54 Å². The summed E-state index contributed by atoms with van der Waals surface area (Å²) in [5.41, 5.74) is 1.29. The van der Waals surface area contributed by atoms with E-state index in [9.17, 15) is 9.18 Å². The average molecular weight is 330 g/mol. The standard InChI is InChI=1S/C18H19FN2O3/c1-12-6-7-13(8-15(12)19)9-20-18(22)21-10-14-11-23-16-4-2-3-5-17(16)24-14/h2-8,14H,9-11H2,1H3,(H2,20,21,22). The van der Waals surface area contributed by atoms with Crippen LogP contribution in [0.1, 0.15) is 11.1 Å². The Morgan fingerprint density at radius 3 is 2.79 bits per heavy atom. The van der Waals surface area contributed by atoms with Crippen LogP contribution in [0.5, 0.6) is 11.5 Å². The lowest BCUT2D eigenvalue weighted by atomic mass is 10.1. The molecule has 2 aromatic rings.